The molecule has 0 aliphatic heterocycles. The summed E-state index contributed by atoms with van der Waals surface area (Å²) in [5.74, 6) is 4.61. The molecule has 5 aliphatic rings. The molecule has 0 saturated heterocycles. The van der Waals surface area contributed by atoms with Crippen LogP contribution in [0.4, 0.5) is 0 Å². The van der Waals surface area contributed by atoms with Crippen molar-refractivity contribution in [1.29, 1.82) is 0 Å². The van der Waals surface area contributed by atoms with Crippen LogP contribution in [0.1, 0.15) is 0 Å². The average Bonchev–Trinajstić information content (AvgIpc) is 2.02. The van der Waals surface area contributed by atoms with Crippen molar-refractivity contribution in [3.63, 3.8) is 0 Å². The van der Waals surface area contributed by atoms with Gasteiger partial charge < -0.3 is 0 Å². The van der Waals surface area contributed by atoms with Gasteiger partial charge >= 0.3 is 0 Å². The highest BCUT2D eigenvalue weighted by Crippen LogP contribution is 2.62. The van der Waals surface area contributed by atoms with Gasteiger partial charge in [-0.05, 0) is 29.6 Å². The van der Waals surface area contributed by atoms with Gasteiger partial charge in [-0.25, -0.2) is 0 Å². The molecular weight excluding hydrogens is 180 g/mol. The van der Waals surface area contributed by atoms with Crippen molar-refractivity contribution in [3.8, 4) is 0 Å². The maximum atomic E-state index is 6.16. The van der Waals surface area contributed by atoms with Gasteiger partial charge in [0.05, 0.1) is 0 Å². The quantitative estimate of drug-likeness (QED) is 0.516. The van der Waals surface area contributed by atoms with Gasteiger partial charge in [0.2, 0.25) is 0 Å². The molecule has 1 fully saturated rings. The predicted molar refractivity (Wildman–Crippen MR) is 53.2 cm³/mol. The van der Waals surface area contributed by atoms with Crippen LogP contribution in [-0.2, 0) is 0 Å². The maximum absolute atomic E-state index is 6.16. The fourth-order valence-corrected chi connectivity index (χ4v) is 4.09. The van der Waals surface area contributed by atoms with E-state index in [1.165, 1.54) is 0 Å². The molecule has 0 N–H and O–H groups in total. The number of hydrogen-bond acceptors (Lipinski definition) is 0. The molecule has 0 amide bonds. The maximum Gasteiger partial charge on any atom is 0.0187 e. The Kier molecular flexibility index (Phi) is 1.04. The van der Waals surface area contributed by atoms with Crippen molar-refractivity contribution >= 4 is 11.6 Å². The van der Waals surface area contributed by atoms with E-state index in [4.69, 9.17) is 11.6 Å². The molecule has 0 radical (unpaired) electrons. The molecule has 0 aromatic heterocycles. The molecule has 0 nitrogen and oxygen atoms in total. The van der Waals surface area contributed by atoms with E-state index in [0.29, 0.717) is 5.92 Å². The molecule has 0 unspecified atom stereocenters. The third kappa shape index (κ3) is 0.604. The Morgan fingerprint density at radius 3 is 2.00 bits per heavy atom. The number of rotatable bonds is 0. The van der Waals surface area contributed by atoms with Crippen LogP contribution in [0, 0.1) is 35.5 Å². The van der Waals surface area contributed by atoms with Crippen LogP contribution in [0.25, 0.3) is 0 Å². The Balaban J connectivity index is 1.86. The summed E-state index contributed by atoms with van der Waals surface area (Å²) >= 11 is 6.16. The second kappa shape index (κ2) is 1.95. The average molecular weight is 191 g/mol. The first-order valence-electron chi connectivity index (χ1n) is 5.10. The molecule has 66 valence electrons. The summed E-state index contributed by atoms with van der Waals surface area (Å²) in [5.41, 5.74) is 0. The lowest BCUT2D eigenvalue weighted by Crippen LogP contribution is -2.52. The summed E-state index contributed by atoms with van der Waals surface area (Å²) in [6, 6.07) is 0. The predicted octanol–water partition coefficient (Wildman–Crippen LogP) is 2.97. The minimum absolute atomic E-state index is 0.683. The van der Waals surface area contributed by atoms with Gasteiger partial charge in [0, 0.05) is 11.0 Å². The second-order valence-corrected chi connectivity index (χ2v) is 5.17. The van der Waals surface area contributed by atoms with Gasteiger partial charge in [0.1, 0.15) is 0 Å². The van der Waals surface area contributed by atoms with Crippen LogP contribution in [0.5, 0.6) is 0 Å². The monoisotopic (exact) mass is 190 g/mol. The minimum Gasteiger partial charge on any atom is -0.0891 e. The van der Waals surface area contributed by atoms with Gasteiger partial charge in [0.15, 0.2) is 0 Å². The summed E-state index contributed by atoms with van der Waals surface area (Å²) in [6.07, 6.45) is 11.9. The summed E-state index contributed by atoms with van der Waals surface area (Å²) < 4.78 is 0. The van der Waals surface area contributed by atoms with E-state index in [0.717, 1.165) is 34.6 Å². The minimum atomic E-state index is 0.683. The molecule has 1 saturated carbocycles. The lowest BCUT2D eigenvalue weighted by Gasteiger charge is -2.58. The fraction of sp³-hybridized carbons (Fsp3) is 0.500. The molecule has 0 spiro atoms. The van der Waals surface area contributed by atoms with E-state index < -0.39 is 0 Å². The first-order valence-corrected chi connectivity index (χ1v) is 5.48. The molecule has 0 aromatic carbocycles. The zero-order chi connectivity index (χ0) is 8.58. The molecule has 2 bridgehead atoms. The molecule has 13 heavy (non-hydrogen) atoms. The Bertz CT molecular complexity index is 363. The van der Waals surface area contributed by atoms with Crippen LogP contribution < -0.4 is 0 Å². The molecule has 0 heterocycles. The van der Waals surface area contributed by atoms with Crippen molar-refractivity contribution in [2.45, 2.75) is 0 Å². The highest BCUT2D eigenvalue weighted by atomic mass is 35.5. The second-order valence-electron chi connectivity index (χ2n) is 4.73. The molecule has 1 heteroatoms. The first kappa shape index (κ1) is 6.89. The normalized spacial score (nSPS) is 59.0. The molecular formula is C12H11Cl. The van der Waals surface area contributed by atoms with Gasteiger partial charge in [-0.15, -0.1) is 0 Å². The van der Waals surface area contributed by atoms with E-state index in [1.807, 2.05) is 0 Å². The topological polar surface area (TPSA) is 0 Å². The largest absolute Gasteiger partial charge is 0.0891 e. The third-order valence-corrected chi connectivity index (χ3v) is 4.77. The lowest BCUT2D eigenvalue weighted by molar-refractivity contribution is 0.0657. The molecule has 5 aliphatic carbocycles. The van der Waals surface area contributed by atoms with Crippen LogP contribution >= 0.6 is 11.6 Å². The highest BCUT2D eigenvalue weighted by Gasteiger charge is 2.55. The van der Waals surface area contributed by atoms with Crippen LogP contribution in [0.2, 0.25) is 0 Å². The summed E-state index contributed by atoms with van der Waals surface area (Å²) in [4.78, 5) is 0. The van der Waals surface area contributed by atoms with Crippen molar-refractivity contribution in [3.05, 3.63) is 35.4 Å². The van der Waals surface area contributed by atoms with Gasteiger partial charge in [-0.2, -0.15) is 0 Å². The molecule has 6 atom stereocenters. The van der Waals surface area contributed by atoms with Gasteiger partial charge in [-0.3, -0.25) is 0 Å². The standard InChI is InChI=1S/C12H11Cl/c13-11-5-10-8-3-4-9(12(10)11)7-2-1-6(7)8/h1-10,12H/t6-,7-,8-,9-,10+,12+/m0/s1. The first-order chi connectivity index (χ1) is 6.36. The molecule has 5 rings (SSSR count). The van der Waals surface area contributed by atoms with Crippen molar-refractivity contribution in [2.75, 3.05) is 0 Å². The SMILES string of the molecule is ClC1=C[C@@H]2[C@H]3C=C[C@@H]([C@H]4C=C[C@H]34)[C@@H]12. The Labute approximate surface area is 83.0 Å². The van der Waals surface area contributed by atoms with Crippen molar-refractivity contribution in [1.82, 2.24) is 0 Å². The number of allylic oxidation sites excluding steroid dienone is 6. The van der Waals surface area contributed by atoms with Gasteiger partial charge in [0.25, 0.3) is 0 Å². The van der Waals surface area contributed by atoms with E-state index in [1.54, 1.807) is 0 Å². The lowest BCUT2D eigenvalue weighted by atomic mass is 9.47. The smallest absolute Gasteiger partial charge is 0.0187 e. The number of hydrogen-bond donors (Lipinski definition) is 0. The van der Waals surface area contributed by atoms with Crippen LogP contribution in [0.3, 0.4) is 0 Å². The third-order valence-electron chi connectivity index (χ3n) is 4.39. The zero-order valence-corrected chi connectivity index (χ0v) is 7.98. The summed E-state index contributed by atoms with van der Waals surface area (Å²) in [6.45, 7) is 0. The Morgan fingerprint density at radius 1 is 0.769 bits per heavy atom. The Morgan fingerprint density at radius 2 is 1.31 bits per heavy atom. The van der Waals surface area contributed by atoms with Gasteiger partial charge in [-0.1, -0.05) is 42.0 Å². The van der Waals surface area contributed by atoms with E-state index in [-0.39, 0.29) is 0 Å². The van der Waals surface area contributed by atoms with Crippen LogP contribution in [-0.4, -0.2) is 0 Å². The Hall–Kier alpha value is -0.490. The van der Waals surface area contributed by atoms with Crippen molar-refractivity contribution in [2.24, 2.45) is 35.5 Å². The number of halogens is 1. The highest BCUT2D eigenvalue weighted by molar-refractivity contribution is 6.30. The van der Waals surface area contributed by atoms with E-state index in [9.17, 15) is 0 Å². The van der Waals surface area contributed by atoms with Crippen molar-refractivity contribution < 1.29 is 0 Å². The van der Waals surface area contributed by atoms with Crippen LogP contribution in [0.15, 0.2) is 35.4 Å². The molecule has 0 aromatic rings. The zero-order valence-electron chi connectivity index (χ0n) is 7.23. The fourth-order valence-electron chi connectivity index (χ4n) is 3.65. The van der Waals surface area contributed by atoms with E-state index >= 15 is 0 Å². The summed E-state index contributed by atoms with van der Waals surface area (Å²) in [5, 5.41) is 1.13. The summed E-state index contributed by atoms with van der Waals surface area (Å²) in [7, 11) is 0. The van der Waals surface area contributed by atoms with E-state index in [2.05, 4.69) is 30.4 Å².